The fourth-order valence-electron chi connectivity index (χ4n) is 3.87. The third-order valence-electron chi connectivity index (χ3n) is 5.81. The fourth-order valence-corrected chi connectivity index (χ4v) is 4.00. The first kappa shape index (κ1) is 24.5. The van der Waals surface area contributed by atoms with Crippen LogP contribution in [0.1, 0.15) is 28.8 Å². The fraction of sp³-hybridized carbons (Fsp3) is 0.231. The van der Waals surface area contributed by atoms with Crippen molar-refractivity contribution in [2.45, 2.75) is 25.4 Å². The Morgan fingerprint density at radius 3 is 2.54 bits per heavy atom. The quantitative estimate of drug-likeness (QED) is 0.350. The van der Waals surface area contributed by atoms with E-state index in [9.17, 15) is 9.59 Å². The van der Waals surface area contributed by atoms with Crippen LogP contribution in [-0.4, -0.2) is 39.9 Å². The molecule has 11 heteroatoms. The van der Waals surface area contributed by atoms with Crippen LogP contribution in [0.4, 0.5) is 11.6 Å². The molecule has 190 valence electrons. The van der Waals surface area contributed by atoms with Gasteiger partial charge in [-0.3, -0.25) is 9.59 Å². The molecule has 1 amide bonds. The minimum Gasteiger partial charge on any atom is -0.436 e. The number of benzene rings is 2. The maximum atomic E-state index is 13.0. The zero-order chi connectivity index (χ0) is 25.6. The summed E-state index contributed by atoms with van der Waals surface area (Å²) in [5.74, 6) is 0.739. The van der Waals surface area contributed by atoms with Crippen molar-refractivity contribution >= 4 is 29.1 Å². The Labute approximate surface area is 217 Å². The van der Waals surface area contributed by atoms with Crippen molar-refractivity contribution in [3.8, 4) is 11.6 Å². The van der Waals surface area contributed by atoms with Crippen LogP contribution in [0, 0.1) is 0 Å². The largest absolute Gasteiger partial charge is 0.436 e. The van der Waals surface area contributed by atoms with E-state index in [0.717, 1.165) is 5.56 Å². The Hall–Kier alpha value is -4.15. The third-order valence-corrected chi connectivity index (χ3v) is 6.06. The van der Waals surface area contributed by atoms with Gasteiger partial charge >= 0.3 is 0 Å². The van der Waals surface area contributed by atoms with Gasteiger partial charge in [0.25, 0.3) is 17.3 Å². The molecular formula is C26H24ClN5O5. The van der Waals surface area contributed by atoms with E-state index in [1.165, 1.54) is 12.5 Å². The molecule has 2 N–H and O–H groups in total. The monoisotopic (exact) mass is 521 g/mol. The molecule has 0 atom stereocenters. The molecule has 2 aromatic carbocycles. The van der Waals surface area contributed by atoms with Crippen molar-refractivity contribution in [1.82, 2.24) is 20.0 Å². The molecule has 0 unspecified atom stereocenters. The van der Waals surface area contributed by atoms with Crippen LogP contribution in [0.5, 0.6) is 11.6 Å². The summed E-state index contributed by atoms with van der Waals surface area (Å²) in [6.45, 7) is 1.52. The van der Waals surface area contributed by atoms with Crippen LogP contribution in [0.25, 0.3) is 0 Å². The van der Waals surface area contributed by atoms with E-state index in [0.29, 0.717) is 54.9 Å². The molecule has 1 aliphatic heterocycles. The molecule has 37 heavy (non-hydrogen) atoms. The van der Waals surface area contributed by atoms with Crippen LogP contribution in [0.2, 0.25) is 5.02 Å². The van der Waals surface area contributed by atoms with Crippen molar-refractivity contribution in [2.75, 3.05) is 18.5 Å². The summed E-state index contributed by atoms with van der Waals surface area (Å²) >= 11 is 6.04. The van der Waals surface area contributed by atoms with Gasteiger partial charge in [-0.15, -0.1) is 0 Å². The summed E-state index contributed by atoms with van der Waals surface area (Å²) in [5, 5.41) is 10.4. The summed E-state index contributed by atoms with van der Waals surface area (Å²) < 4.78 is 17.4. The highest BCUT2D eigenvalue weighted by Gasteiger charge is 2.21. The number of aromatic nitrogens is 3. The van der Waals surface area contributed by atoms with Crippen LogP contribution in [0.15, 0.2) is 76.4 Å². The van der Waals surface area contributed by atoms with Gasteiger partial charge in [0.2, 0.25) is 5.95 Å². The van der Waals surface area contributed by atoms with Gasteiger partial charge in [0.1, 0.15) is 17.6 Å². The molecule has 0 radical (unpaired) electrons. The second-order valence-corrected chi connectivity index (χ2v) is 8.92. The maximum Gasteiger partial charge on any atom is 0.287 e. The van der Waals surface area contributed by atoms with E-state index < -0.39 is 11.5 Å². The number of rotatable bonds is 8. The first-order valence-corrected chi connectivity index (χ1v) is 12.1. The van der Waals surface area contributed by atoms with E-state index in [1.807, 2.05) is 12.1 Å². The molecule has 1 fully saturated rings. The van der Waals surface area contributed by atoms with Gasteiger partial charge in [-0.1, -0.05) is 23.7 Å². The van der Waals surface area contributed by atoms with Gasteiger partial charge in [-0.25, -0.2) is 0 Å². The number of halogens is 1. The van der Waals surface area contributed by atoms with E-state index in [4.69, 9.17) is 25.6 Å². The molecule has 4 aromatic rings. The molecule has 10 nitrogen and oxygen atoms in total. The Bertz CT molecular complexity index is 1400. The van der Waals surface area contributed by atoms with Gasteiger partial charge in [-0.2, -0.15) is 4.98 Å². The van der Waals surface area contributed by atoms with Gasteiger partial charge in [0.15, 0.2) is 0 Å². The Morgan fingerprint density at radius 1 is 1.08 bits per heavy atom. The standard InChI is InChI=1S/C26H24ClN5O5/c27-18-3-1-17(2-4-18)15-32-16-22(24(33)28-20-9-12-35-13-10-20)25(34)30-26(32)29-19-5-7-21(8-6-19)37-23-11-14-36-31-23/h1-8,11,14,16,20H,9-10,12-13,15H2,(H,28,33)(H,29,30,34). The predicted molar refractivity (Wildman–Crippen MR) is 137 cm³/mol. The Morgan fingerprint density at radius 2 is 1.84 bits per heavy atom. The van der Waals surface area contributed by atoms with Crippen LogP contribution in [-0.2, 0) is 11.3 Å². The number of carbonyl (C=O) groups is 1. The molecule has 2 aromatic heterocycles. The van der Waals surface area contributed by atoms with Crippen LogP contribution in [0.3, 0.4) is 0 Å². The predicted octanol–water partition coefficient (Wildman–Crippen LogP) is 4.38. The number of hydrogen-bond acceptors (Lipinski definition) is 8. The molecule has 0 saturated carbocycles. The van der Waals surface area contributed by atoms with Crippen molar-refractivity contribution in [1.29, 1.82) is 0 Å². The number of nitrogens with zero attached hydrogens (tertiary/aromatic N) is 3. The number of carbonyl (C=O) groups excluding carboxylic acids is 1. The summed E-state index contributed by atoms with van der Waals surface area (Å²) in [4.78, 5) is 30.1. The van der Waals surface area contributed by atoms with E-state index in [1.54, 1.807) is 47.0 Å². The summed E-state index contributed by atoms with van der Waals surface area (Å²) in [7, 11) is 0. The number of ether oxygens (including phenoxy) is 2. The number of hydrogen-bond donors (Lipinski definition) is 2. The maximum absolute atomic E-state index is 13.0. The highest BCUT2D eigenvalue weighted by Crippen LogP contribution is 2.23. The van der Waals surface area contributed by atoms with Gasteiger partial charge in [0, 0.05) is 42.2 Å². The SMILES string of the molecule is O=C(NC1CCOCC1)c1cn(Cc2ccc(Cl)cc2)c(Nc2ccc(Oc3ccon3)cc2)nc1=O. The second kappa shape index (κ2) is 11.3. The topological polar surface area (TPSA) is 121 Å². The van der Waals surface area contributed by atoms with Crippen molar-refractivity contribution in [3.05, 3.63) is 93.6 Å². The van der Waals surface area contributed by atoms with Gasteiger partial charge in [-0.05, 0) is 60.0 Å². The highest BCUT2D eigenvalue weighted by molar-refractivity contribution is 6.30. The molecule has 1 aliphatic rings. The molecule has 1 saturated heterocycles. The van der Waals surface area contributed by atoms with Crippen LogP contribution < -0.4 is 20.9 Å². The number of amides is 1. The number of nitrogens with one attached hydrogen (secondary N) is 2. The van der Waals surface area contributed by atoms with Gasteiger partial charge < -0.3 is 29.2 Å². The number of anilines is 2. The van der Waals surface area contributed by atoms with Crippen LogP contribution >= 0.6 is 11.6 Å². The van der Waals surface area contributed by atoms with E-state index in [2.05, 4.69) is 20.8 Å². The molecule has 5 rings (SSSR count). The van der Waals surface area contributed by atoms with Gasteiger partial charge in [0.05, 0.1) is 6.54 Å². The average Bonchev–Trinajstić information content (AvgIpc) is 3.41. The highest BCUT2D eigenvalue weighted by atomic mass is 35.5. The lowest BCUT2D eigenvalue weighted by Gasteiger charge is -2.23. The minimum atomic E-state index is -0.620. The lowest BCUT2D eigenvalue weighted by atomic mass is 10.1. The lowest BCUT2D eigenvalue weighted by Crippen LogP contribution is -2.41. The average molecular weight is 522 g/mol. The zero-order valence-electron chi connectivity index (χ0n) is 19.7. The smallest absolute Gasteiger partial charge is 0.287 e. The summed E-state index contributed by atoms with van der Waals surface area (Å²) in [6.07, 6.45) is 4.36. The molecule has 0 aliphatic carbocycles. The first-order valence-electron chi connectivity index (χ1n) is 11.7. The third kappa shape index (κ3) is 6.35. The Kier molecular flexibility index (Phi) is 7.48. The molecule has 0 spiro atoms. The lowest BCUT2D eigenvalue weighted by molar-refractivity contribution is 0.0695. The first-order chi connectivity index (χ1) is 18.0. The normalized spacial score (nSPS) is 13.8. The molecular weight excluding hydrogens is 498 g/mol. The van der Waals surface area contributed by atoms with Crippen molar-refractivity contribution in [2.24, 2.45) is 0 Å². The molecule has 3 heterocycles. The van der Waals surface area contributed by atoms with E-state index in [-0.39, 0.29) is 17.6 Å². The minimum absolute atomic E-state index is 0.0256. The van der Waals surface area contributed by atoms with Crippen molar-refractivity contribution in [3.63, 3.8) is 0 Å². The summed E-state index contributed by atoms with van der Waals surface area (Å²) in [6, 6.07) is 15.9. The van der Waals surface area contributed by atoms with Crippen molar-refractivity contribution < 1.29 is 18.8 Å². The second-order valence-electron chi connectivity index (χ2n) is 8.49. The summed E-state index contributed by atoms with van der Waals surface area (Å²) in [5.41, 5.74) is 0.946. The van der Waals surface area contributed by atoms with E-state index >= 15 is 0 Å². The zero-order valence-corrected chi connectivity index (χ0v) is 20.5. The molecule has 0 bridgehead atoms. The Balaban J connectivity index is 1.40.